The molecule has 2 rings (SSSR count). The highest BCUT2D eigenvalue weighted by Gasteiger charge is 2.06. The molecular weight excluding hydrogens is 148 g/mol. The Bertz CT molecular complexity index is 298. The molecule has 0 radical (unpaired) electrons. The van der Waals surface area contributed by atoms with Crippen LogP contribution in [0.5, 0.6) is 0 Å². The Labute approximate surface area is 72.3 Å². The second-order valence-corrected chi connectivity index (χ2v) is 3.06. The van der Waals surface area contributed by atoms with E-state index in [0.29, 0.717) is 0 Å². The van der Waals surface area contributed by atoms with Crippen molar-refractivity contribution in [3.63, 3.8) is 0 Å². The molecule has 1 aliphatic heterocycles. The van der Waals surface area contributed by atoms with Crippen LogP contribution in [-0.4, -0.2) is 18.9 Å². The SMILES string of the molecule is Cc1ccc(C2=NCNC2)cc1. The zero-order chi connectivity index (χ0) is 8.39. The summed E-state index contributed by atoms with van der Waals surface area (Å²) in [5, 5.41) is 3.18. The molecule has 0 bridgehead atoms. The lowest BCUT2D eigenvalue weighted by Crippen LogP contribution is -2.13. The van der Waals surface area contributed by atoms with Gasteiger partial charge in [0.2, 0.25) is 0 Å². The summed E-state index contributed by atoms with van der Waals surface area (Å²) in [5.74, 6) is 0. The monoisotopic (exact) mass is 160 g/mol. The zero-order valence-electron chi connectivity index (χ0n) is 7.17. The lowest BCUT2D eigenvalue weighted by Gasteiger charge is -1.99. The highest BCUT2D eigenvalue weighted by Crippen LogP contribution is 2.06. The fourth-order valence-electron chi connectivity index (χ4n) is 1.32. The van der Waals surface area contributed by atoms with Gasteiger partial charge in [0.25, 0.3) is 0 Å². The third-order valence-electron chi connectivity index (χ3n) is 2.06. The molecule has 1 N–H and O–H groups in total. The van der Waals surface area contributed by atoms with Gasteiger partial charge in [-0.15, -0.1) is 0 Å². The smallest absolute Gasteiger partial charge is 0.0891 e. The van der Waals surface area contributed by atoms with Crippen molar-refractivity contribution in [2.45, 2.75) is 6.92 Å². The van der Waals surface area contributed by atoms with Crippen molar-refractivity contribution in [3.05, 3.63) is 35.4 Å². The van der Waals surface area contributed by atoms with E-state index in [1.165, 1.54) is 16.8 Å². The van der Waals surface area contributed by atoms with Crippen molar-refractivity contribution < 1.29 is 0 Å². The normalized spacial score (nSPS) is 16.2. The van der Waals surface area contributed by atoms with E-state index in [0.717, 1.165) is 13.2 Å². The van der Waals surface area contributed by atoms with E-state index < -0.39 is 0 Å². The van der Waals surface area contributed by atoms with E-state index >= 15 is 0 Å². The molecule has 1 heterocycles. The molecule has 0 atom stereocenters. The largest absolute Gasteiger partial charge is 0.293 e. The van der Waals surface area contributed by atoms with Gasteiger partial charge in [-0.1, -0.05) is 29.8 Å². The highest BCUT2D eigenvalue weighted by atomic mass is 15.1. The van der Waals surface area contributed by atoms with Crippen molar-refractivity contribution in [1.82, 2.24) is 5.32 Å². The van der Waals surface area contributed by atoms with Crippen molar-refractivity contribution in [2.75, 3.05) is 13.2 Å². The first-order chi connectivity index (χ1) is 5.86. The maximum Gasteiger partial charge on any atom is 0.0891 e. The lowest BCUT2D eigenvalue weighted by molar-refractivity contribution is 0.850. The Balaban J connectivity index is 2.28. The van der Waals surface area contributed by atoms with Crippen LogP contribution in [0.4, 0.5) is 0 Å². The number of rotatable bonds is 1. The van der Waals surface area contributed by atoms with E-state index in [4.69, 9.17) is 0 Å². The van der Waals surface area contributed by atoms with Gasteiger partial charge in [-0.25, -0.2) is 0 Å². The number of benzene rings is 1. The average molecular weight is 160 g/mol. The van der Waals surface area contributed by atoms with Crippen molar-refractivity contribution in [1.29, 1.82) is 0 Å². The van der Waals surface area contributed by atoms with E-state index in [2.05, 4.69) is 41.5 Å². The number of hydrogen-bond donors (Lipinski definition) is 1. The molecule has 0 saturated carbocycles. The van der Waals surface area contributed by atoms with Gasteiger partial charge in [0.15, 0.2) is 0 Å². The summed E-state index contributed by atoms with van der Waals surface area (Å²) < 4.78 is 0. The topological polar surface area (TPSA) is 24.4 Å². The molecule has 0 fully saturated rings. The fraction of sp³-hybridized carbons (Fsp3) is 0.300. The molecule has 1 aromatic rings. The van der Waals surface area contributed by atoms with Crippen LogP contribution in [0.25, 0.3) is 0 Å². The Morgan fingerprint density at radius 3 is 2.58 bits per heavy atom. The molecule has 62 valence electrons. The van der Waals surface area contributed by atoms with Crippen LogP contribution in [-0.2, 0) is 0 Å². The highest BCUT2D eigenvalue weighted by molar-refractivity contribution is 6.02. The van der Waals surface area contributed by atoms with Gasteiger partial charge in [0.05, 0.1) is 12.4 Å². The summed E-state index contributed by atoms with van der Waals surface area (Å²) in [7, 11) is 0. The van der Waals surface area contributed by atoms with Crippen LogP contribution in [0.15, 0.2) is 29.3 Å². The van der Waals surface area contributed by atoms with Crippen LogP contribution in [0, 0.1) is 6.92 Å². The summed E-state index contributed by atoms with van der Waals surface area (Å²) in [6.45, 7) is 3.77. The molecule has 0 spiro atoms. The molecule has 2 nitrogen and oxygen atoms in total. The second-order valence-electron chi connectivity index (χ2n) is 3.06. The fourth-order valence-corrected chi connectivity index (χ4v) is 1.32. The average Bonchev–Trinajstić information content (AvgIpc) is 2.58. The van der Waals surface area contributed by atoms with Crippen LogP contribution in [0.2, 0.25) is 0 Å². The Morgan fingerprint density at radius 1 is 1.25 bits per heavy atom. The second kappa shape index (κ2) is 3.07. The minimum atomic E-state index is 0.767. The first-order valence-electron chi connectivity index (χ1n) is 4.17. The molecule has 0 saturated heterocycles. The number of nitrogens with one attached hydrogen (secondary N) is 1. The molecule has 2 heteroatoms. The summed E-state index contributed by atoms with van der Waals surface area (Å²) in [5.41, 5.74) is 3.71. The number of aliphatic imine (C=N–C) groups is 1. The van der Waals surface area contributed by atoms with Gasteiger partial charge < -0.3 is 0 Å². The molecular formula is C10H12N2. The molecule has 0 amide bonds. The first-order valence-corrected chi connectivity index (χ1v) is 4.17. The quantitative estimate of drug-likeness (QED) is 0.658. The predicted molar refractivity (Wildman–Crippen MR) is 50.6 cm³/mol. The molecule has 1 aromatic carbocycles. The van der Waals surface area contributed by atoms with Gasteiger partial charge in [-0.05, 0) is 12.5 Å². The van der Waals surface area contributed by atoms with E-state index in [9.17, 15) is 0 Å². The maximum atomic E-state index is 4.34. The molecule has 0 unspecified atom stereocenters. The van der Waals surface area contributed by atoms with Crippen molar-refractivity contribution in [3.8, 4) is 0 Å². The van der Waals surface area contributed by atoms with Crippen molar-refractivity contribution >= 4 is 5.71 Å². The third-order valence-corrected chi connectivity index (χ3v) is 2.06. The minimum absolute atomic E-state index is 0.767. The minimum Gasteiger partial charge on any atom is -0.293 e. The first kappa shape index (κ1) is 7.50. The van der Waals surface area contributed by atoms with Gasteiger partial charge >= 0.3 is 0 Å². The van der Waals surface area contributed by atoms with Gasteiger partial charge in [-0.3, -0.25) is 10.3 Å². The molecule has 0 aliphatic carbocycles. The Hall–Kier alpha value is -1.15. The van der Waals surface area contributed by atoms with Gasteiger partial charge in [0, 0.05) is 6.54 Å². The summed E-state index contributed by atoms with van der Waals surface area (Å²) in [6, 6.07) is 8.49. The third kappa shape index (κ3) is 1.38. The van der Waals surface area contributed by atoms with Crippen LogP contribution in [0.3, 0.4) is 0 Å². The maximum absolute atomic E-state index is 4.34. The Kier molecular flexibility index (Phi) is 1.92. The zero-order valence-corrected chi connectivity index (χ0v) is 7.17. The summed E-state index contributed by atoms with van der Waals surface area (Å²) >= 11 is 0. The van der Waals surface area contributed by atoms with Crippen LogP contribution < -0.4 is 5.32 Å². The van der Waals surface area contributed by atoms with Crippen LogP contribution >= 0.6 is 0 Å². The van der Waals surface area contributed by atoms with E-state index in [1.54, 1.807) is 0 Å². The van der Waals surface area contributed by atoms with Gasteiger partial charge in [-0.2, -0.15) is 0 Å². The molecule has 1 aliphatic rings. The lowest BCUT2D eigenvalue weighted by atomic mass is 10.1. The molecule has 0 aromatic heterocycles. The number of hydrogen-bond acceptors (Lipinski definition) is 2. The number of aryl methyl sites for hydroxylation is 1. The summed E-state index contributed by atoms with van der Waals surface area (Å²) in [6.07, 6.45) is 0. The number of nitrogens with zero attached hydrogens (tertiary/aromatic N) is 1. The van der Waals surface area contributed by atoms with Gasteiger partial charge in [0.1, 0.15) is 0 Å². The molecule has 12 heavy (non-hydrogen) atoms. The van der Waals surface area contributed by atoms with Crippen LogP contribution in [0.1, 0.15) is 11.1 Å². The van der Waals surface area contributed by atoms with E-state index in [1.807, 2.05) is 0 Å². The van der Waals surface area contributed by atoms with E-state index in [-0.39, 0.29) is 0 Å². The Morgan fingerprint density at radius 2 is 2.00 bits per heavy atom. The predicted octanol–water partition coefficient (Wildman–Crippen LogP) is 1.34. The standard InChI is InChI=1S/C10H12N2/c1-8-2-4-9(5-3-8)10-6-11-7-12-10/h2-5,11H,6-7H2,1H3. The van der Waals surface area contributed by atoms with Crippen molar-refractivity contribution in [2.24, 2.45) is 4.99 Å². The summed E-state index contributed by atoms with van der Waals surface area (Å²) in [4.78, 5) is 4.34.